The first kappa shape index (κ1) is 17.7. The molecule has 0 bridgehead atoms. The molecule has 9 heteroatoms. The molecule has 0 unspecified atom stereocenters. The van der Waals surface area contributed by atoms with Crippen molar-refractivity contribution in [1.29, 1.82) is 0 Å². The van der Waals surface area contributed by atoms with Crippen LogP contribution in [0.1, 0.15) is 31.2 Å². The largest absolute Gasteiger partial charge is 0.360 e. The molecule has 1 heterocycles. The summed E-state index contributed by atoms with van der Waals surface area (Å²) in [4.78, 5) is 0. The predicted octanol–water partition coefficient (Wildman–Crippen LogP) is 3.72. The normalized spacial score (nSPS) is 14.7. The molecule has 2 aromatic rings. The lowest BCUT2D eigenvalue weighted by molar-refractivity contribution is 0.431. The van der Waals surface area contributed by atoms with Crippen molar-refractivity contribution >= 4 is 23.1 Å². The summed E-state index contributed by atoms with van der Waals surface area (Å²) in [6, 6.07) is 2.06. The average molecular weight is 372 g/mol. The highest BCUT2D eigenvalue weighted by atomic mass is 32.1. The van der Waals surface area contributed by atoms with Gasteiger partial charge in [0.05, 0.1) is 12.1 Å². The van der Waals surface area contributed by atoms with Gasteiger partial charge in [-0.25, -0.2) is 17.6 Å². The van der Waals surface area contributed by atoms with Crippen LogP contribution in [0.4, 0.5) is 23.4 Å². The SMILES string of the molecule is Fc1cc(F)c(F)c(Cn2ccc(NC(=S)NC3CCCC3)n2)c1F. The Balaban J connectivity index is 1.67. The van der Waals surface area contributed by atoms with E-state index in [-0.39, 0.29) is 6.07 Å². The quantitative estimate of drug-likeness (QED) is 0.488. The first-order valence-electron chi connectivity index (χ1n) is 7.87. The number of anilines is 1. The fourth-order valence-electron chi connectivity index (χ4n) is 2.85. The maximum absolute atomic E-state index is 13.7. The third kappa shape index (κ3) is 4.09. The van der Waals surface area contributed by atoms with E-state index in [0.29, 0.717) is 17.0 Å². The van der Waals surface area contributed by atoms with E-state index in [9.17, 15) is 17.6 Å². The van der Waals surface area contributed by atoms with Crippen molar-refractivity contribution in [3.8, 4) is 0 Å². The Labute approximate surface area is 147 Å². The molecule has 0 radical (unpaired) electrons. The summed E-state index contributed by atoms with van der Waals surface area (Å²) in [6.07, 6.45) is 5.87. The first-order chi connectivity index (χ1) is 11.9. The van der Waals surface area contributed by atoms with Crippen LogP contribution < -0.4 is 10.6 Å². The van der Waals surface area contributed by atoms with E-state index in [1.54, 1.807) is 6.07 Å². The second kappa shape index (κ2) is 7.38. The topological polar surface area (TPSA) is 41.9 Å². The molecule has 4 nitrogen and oxygen atoms in total. The molecule has 0 aliphatic heterocycles. The van der Waals surface area contributed by atoms with Gasteiger partial charge in [-0.15, -0.1) is 0 Å². The van der Waals surface area contributed by atoms with Crippen LogP contribution in [0.3, 0.4) is 0 Å². The minimum absolute atomic E-state index is 0.178. The van der Waals surface area contributed by atoms with Crippen molar-refractivity contribution in [2.75, 3.05) is 5.32 Å². The van der Waals surface area contributed by atoms with E-state index in [2.05, 4.69) is 15.7 Å². The lowest BCUT2D eigenvalue weighted by Gasteiger charge is -2.14. The van der Waals surface area contributed by atoms with Crippen LogP contribution >= 0.6 is 12.2 Å². The number of aromatic nitrogens is 2. The monoisotopic (exact) mass is 372 g/mol. The Morgan fingerprint density at radius 2 is 1.80 bits per heavy atom. The van der Waals surface area contributed by atoms with Crippen LogP contribution in [0.15, 0.2) is 18.3 Å². The Morgan fingerprint density at radius 3 is 2.44 bits per heavy atom. The van der Waals surface area contributed by atoms with E-state index in [4.69, 9.17) is 12.2 Å². The van der Waals surface area contributed by atoms with Gasteiger partial charge in [0, 0.05) is 24.4 Å². The molecule has 0 atom stereocenters. The highest BCUT2D eigenvalue weighted by Crippen LogP contribution is 2.21. The standard InChI is InChI=1S/C16H16F4N4S/c17-11-7-12(18)15(20)10(14(11)19)8-24-6-5-13(23-24)22-16(25)21-9-3-1-2-4-9/h5-7,9H,1-4,8H2,(H2,21,22,23,25). The molecule has 0 spiro atoms. The number of benzene rings is 1. The van der Waals surface area contributed by atoms with Gasteiger partial charge < -0.3 is 10.6 Å². The highest BCUT2D eigenvalue weighted by molar-refractivity contribution is 7.80. The van der Waals surface area contributed by atoms with Crippen LogP contribution in [0.2, 0.25) is 0 Å². The van der Waals surface area contributed by atoms with Crippen LogP contribution in [-0.4, -0.2) is 20.9 Å². The van der Waals surface area contributed by atoms with Crippen molar-refractivity contribution in [3.63, 3.8) is 0 Å². The van der Waals surface area contributed by atoms with Gasteiger partial charge in [0.15, 0.2) is 34.2 Å². The second-order valence-electron chi connectivity index (χ2n) is 5.93. The maximum atomic E-state index is 13.7. The van der Waals surface area contributed by atoms with Crippen LogP contribution in [0.5, 0.6) is 0 Å². The van der Waals surface area contributed by atoms with Crippen molar-refractivity contribution in [3.05, 3.63) is 47.2 Å². The Kier molecular flexibility index (Phi) is 5.22. The summed E-state index contributed by atoms with van der Waals surface area (Å²) >= 11 is 5.20. The molecular formula is C16H16F4N4S. The first-order valence-corrected chi connectivity index (χ1v) is 8.27. The summed E-state index contributed by atoms with van der Waals surface area (Å²) in [6.45, 7) is -0.448. The molecule has 1 aliphatic rings. The zero-order valence-electron chi connectivity index (χ0n) is 13.2. The van der Waals surface area contributed by atoms with Gasteiger partial charge in [0.2, 0.25) is 0 Å². The van der Waals surface area contributed by atoms with E-state index in [1.807, 2.05) is 0 Å². The molecule has 3 rings (SSSR count). The molecule has 25 heavy (non-hydrogen) atoms. The Hall–Kier alpha value is -2.16. The molecule has 1 fully saturated rings. The van der Waals surface area contributed by atoms with Crippen molar-refractivity contribution in [1.82, 2.24) is 15.1 Å². The average Bonchev–Trinajstić information content (AvgIpc) is 3.21. The molecule has 134 valence electrons. The number of thiocarbonyl (C=S) groups is 1. The summed E-state index contributed by atoms with van der Waals surface area (Å²) in [5, 5.41) is 10.5. The van der Waals surface area contributed by atoms with E-state index >= 15 is 0 Å². The molecule has 0 saturated heterocycles. The third-order valence-electron chi connectivity index (χ3n) is 4.10. The van der Waals surface area contributed by atoms with Gasteiger partial charge in [-0.2, -0.15) is 5.10 Å². The third-order valence-corrected chi connectivity index (χ3v) is 4.32. The van der Waals surface area contributed by atoms with Gasteiger partial charge >= 0.3 is 0 Å². The lowest BCUT2D eigenvalue weighted by Crippen LogP contribution is -2.36. The smallest absolute Gasteiger partial charge is 0.172 e. The van der Waals surface area contributed by atoms with E-state index in [1.165, 1.54) is 10.9 Å². The van der Waals surface area contributed by atoms with Gasteiger partial charge in [0.25, 0.3) is 0 Å². The van der Waals surface area contributed by atoms with Gasteiger partial charge in [-0.1, -0.05) is 12.8 Å². The van der Waals surface area contributed by atoms with Gasteiger partial charge in [-0.05, 0) is 25.1 Å². The number of nitrogens with zero attached hydrogens (tertiary/aromatic N) is 2. The predicted molar refractivity (Wildman–Crippen MR) is 89.2 cm³/mol. The minimum Gasteiger partial charge on any atom is -0.360 e. The second-order valence-corrected chi connectivity index (χ2v) is 6.33. The molecule has 1 aromatic heterocycles. The lowest BCUT2D eigenvalue weighted by atomic mass is 10.2. The van der Waals surface area contributed by atoms with Crippen molar-refractivity contribution < 1.29 is 17.6 Å². The number of hydrogen-bond acceptors (Lipinski definition) is 2. The highest BCUT2D eigenvalue weighted by Gasteiger charge is 2.20. The summed E-state index contributed by atoms with van der Waals surface area (Å²) < 4.78 is 55.1. The van der Waals surface area contributed by atoms with Crippen LogP contribution in [0, 0.1) is 23.3 Å². The molecule has 1 aromatic carbocycles. The molecule has 2 N–H and O–H groups in total. The summed E-state index contributed by atoms with van der Waals surface area (Å²) in [5.41, 5.74) is -0.723. The van der Waals surface area contributed by atoms with Gasteiger partial charge in [-0.3, -0.25) is 4.68 Å². The van der Waals surface area contributed by atoms with Crippen LogP contribution in [0.25, 0.3) is 0 Å². The van der Waals surface area contributed by atoms with Crippen molar-refractivity contribution in [2.45, 2.75) is 38.3 Å². The molecule has 1 saturated carbocycles. The molecular weight excluding hydrogens is 356 g/mol. The van der Waals surface area contributed by atoms with E-state index in [0.717, 1.165) is 25.7 Å². The number of hydrogen-bond donors (Lipinski definition) is 2. The minimum atomic E-state index is -1.44. The Bertz CT molecular complexity index is 760. The molecule has 0 amide bonds. The Morgan fingerprint density at radius 1 is 1.16 bits per heavy atom. The number of rotatable bonds is 4. The zero-order chi connectivity index (χ0) is 18.0. The zero-order valence-corrected chi connectivity index (χ0v) is 14.0. The summed E-state index contributed by atoms with van der Waals surface area (Å²) in [5.74, 6) is -5.37. The number of nitrogens with one attached hydrogen (secondary N) is 2. The number of halogens is 4. The van der Waals surface area contributed by atoms with Gasteiger partial charge in [0.1, 0.15) is 0 Å². The van der Waals surface area contributed by atoms with E-state index < -0.39 is 35.4 Å². The fourth-order valence-corrected chi connectivity index (χ4v) is 3.12. The van der Waals surface area contributed by atoms with Crippen LogP contribution in [-0.2, 0) is 6.54 Å². The maximum Gasteiger partial charge on any atom is 0.172 e. The fraction of sp³-hybridized carbons (Fsp3) is 0.375. The van der Waals surface area contributed by atoms with Crippen molar-refractivity contribution in [2.24, 2.45) is 0 Å². The summed E-state index contributed by atoms with van der Waals surface area (Å²) in [7, 11) is 0. The molecule has 1 aliphatic carbocycles.